The van der Waals surface area contributed by atoms with Crippen LogP contribution in [0.1, 0.15) is 5.56 Å². The van der Waals surface area contributed by atoms with Crippen LogP contribution in [0.2, 0.25) is 0 Å². The van der Waals surface area contributed by atoms with Crippen molar-refractivity contribution >= 4 is 51.6 Å². The van der Waals surface area contributed by atoms with Gasteiger partial charge in [-0.1, -0.05) is 18.3 Å². The summed E-state index contributed by atoms with van der Waals surface area (Å²) in [5.74, 6) is 0. The fraction of sp³-hybridized carbons (Fsp3) is 0. The molecule has 0 aliphatic heterocycles. The fourth-order valence-corrected chi connectivity index (χ4v) is 4.76. The van der Waals surface area contributed by atoms with Crippen LogP contribution in [0, 0.1) is 0 Å². The molecule has 0 atom stereocenters. The Balaban J connectivity index is 2.03. The molecule has 17 heavy (non-hydrogen) atoms. The predicted molar refractivity (Wildman–Crippen MR) is 83.7 cm³/mol. The Labute approximate surface area is 117 Å². The second kappa shape index (κ2) is 4.82. The SMILES string of the molecule is S=Cc1ccsc1-c1ccc(-c2cccs2)s1. The standard InChI is InChI=1S/C13H8S4/c14-8-9-5-7-16-13(9)12-4-3-11(17-12)10-2-1-6-15-10/h1-8H. The monoisotopic (exact) mass is 292 g/mol. The highest BCUT2D eigenvalue weighted by Gasteiger charge is 2.09. The molecular formula is C13H8S4. The zero-order valence-electron chi connectivity index (χ0n) is 8.75. The average molecular weight is 292 g/mol. The number of hydrogen-bond donors (Lipinski definition) is 0. The highest BCUT2D eigenvalue weighted by Crippen LogP contribution is 2.39. The molecule has 3 rings (SSSR count). The number of hydrogen-bond acceptors (Lipinski definition) is 4. The van der Waals surface area contributed by atoms with E-state index in [1.807, 2.05) is 11.3 Å². The van der Waals surface area contributed by atoms with Crippen molar-refractivity contribution in [2.45, 2.75) is 0 Å². The Hall–Kier alpha value is -0.810. The van der Waals surface area contributed by atoms with Crippen molar-refractivity contribution < 1.29 is 0 Å². The van der Waals surface area contributed by atoms with E-state index in [1.165, 1.54) is 19.5 Å². The van der Waals surface area contributed by atoms with Crippen molar-refractivity contribution in [3.63, 3.8) is 0 Å². The Bertz CT molecular complexity index is 628. The first-order valence-electron chi connectivity index (χ1n) is 5.05. The summed E-state index contributed by atoms with van der Waals surface area (Å²) in [6.07, 6.45) is 0. The van der Waals surface area contributed by atoms with Crippen LogP contribution in [0.15, 0.2) is 41.1 Å². The summed E-state index contributed by atoms with van der Waals surface area (Å²) in [7, 11) is 0. The van der Waals surface area contributed by atoms with Crippen LogP contribution in [0.3, 0.4) is 0 Å². The third-order valence-corrected chi connectivity index (χ3v) is 5.93. The van der Waals surface area contributed by atoms with Crippen molar-refractivity contribution in [2.24, 2.45) is 0 Å². The predicted octanol–water partition coefficient (Wildman–Crippen LogP) is 5.55. The number of thiocarbonyl (C=S) groups is 1. The summed E-state index contributed by atoms with van der Waals surface area (Å²) in [4.78, 5) is 5.26. The summed E-state index contributed by atoms with van der Waals surface area (Å²) in [6.45, 7) is 0. The van der Waals surface area contributed by atoms with Gasteiger partial charge >= 0.3 is 0 Å². The summed E-state index contributed by atoms with van der Waals surface area (Å²) in [6, 6.07) is 10.7. The Morgan fingerprint density at radius 3 is 2.53 bits per heavy atom. The van der Waals surface area contributed by atoms with Crippen molar-refractivity contribution in [1.82, 2.24) is 0 Å². The van der Waals surface area contributed by atoms with Gasteiger partial charge in [0.2, 0.25) is 0 Å². The van der Waals surface area contributed by atoms with E-state index >= 15 is 0 Å². The number of thiophene rings is 3. The fourth-order valence-electron chi connectivity index (χ4n) is 1.62. The quantitative estimate of drug-likeness (QED) is 0.570. The molecule has 0 aliphatic rings. The van der Waals surface area contributed by atoms with Crippen LogP contribution in [0.5, 0.6) is 0 Å². The molecule has 0 fully saturated rings. The molecule has 0 saturated heterocycles. The first kappa shape index (κ1) is 11.3. The molecule has 0 bridgehead atoms. The lowest BCUT2D eigenvalue weighted by Gasteiger charge is -1.93. The molecule has 0 amide bonds. The van der Waals surface area contributed by atoms with E-state index in [9.17, 15) is 0 Å². The van der Waals surface area contributed by atoms with E-state index < -0.39 is 0 Å². The molecule has 3 aromatic heterocycles. The second-order valence-corrected chi connectivity index (χ2v) is 6.65. The molecular weight excluding hydrogens is 284 g/mol. The molecule has 4 heteroatoms. The Morgan fingerprint density at radius 2 is 1.76 bits per heavy atom. The molecule has 0 spiro atoms. The van der Waals surface area contributed by atoms with Gasteiger partial charge in [-0.15, -0.1) is 34.0 Å². The van der Waals surface area contributed by atoms with E-state index in [-0.39, 0.29) is 0 Å². The lowest BCUT2D eigenvalue weighted by atomic mass is 10.2. The normalized spacial score (nSPS) is 10.6. The van der Waals surface area contributed by atoms with E-state index in [0.29, 0.717) is 0 Å². The maximum absolute atomic E-state index is 5.03. The first-order valence-corrected chi connectivity index (χ1v) is 8.10. The molecule has 0 unspecified atom stereocenters. The van der Waals surface area contributed by atoms with Crippen LogP contribution in [-0.4, -0.2) is 5.37 Å². The third-order valence-electron chi connectivity index (χ3n) is 2.42. The van der Waals surface area contributed by atoms with Crippen LogP contribution in [-0.2, 0) is 0 Å². The average Bonchev–Trinajstić information content (AvgIpc) is 3.09. The summed E-state index contributed by atoms with van der Waals surface area (Å²) in [5.41, 5.74) is 1.16. The Morgan fingerprint density at radius 1 is 0.882 bits per heavy atom. The highest BCUT2D eigenvalue weighted by atomic mass is 32.1. The zero-order valence-corrected chi connectivity index (χ0v) is 12.0. The first-order chi connectivity index (χ1) is 8.38. The van der Waals surface area contributed by atoms with Gasteiger partial charge in [-0.2, -0.15) is 0 Å². The molecule has 84 valence electrons. The van der Waals surface area contributed by atoms with Gasteiger partial charge < -0.3 is 0 Å². The van der Waals surface area contributed by atoms with Crippen molar-refractivity contribution in [3.05, 3.63) is 46.7 Å². The van der Waals surface area contributed by atoms with Crippen LogP contribution in [0.25, 0.3) is 19.5 Å². The van der Waals surface area contributed by atoms with Crippen LogP contribution in [0.4, 0.5) is 0 Å². The van der Waals surface area contributed by atoms with Gasteiger partial charge in [0.15, 0.2) is 0 Å². The summed E-state index contributed by atoms with van der Waals surface area (Å²) >= 11 is 10.4. The lowest BCUT2D eigenvalue weighted by molar-refractivity contribution is 1.89. The maximum Gasteiger partial charge on any atom is 0.0523 e. The minimum absolute atomic E-state index is 1.16. The van der Waals surface area contributed by atoms with Gasteiger partial charge in [0.25, 0.3) is 0 Å². The minimum Gasteiger partial charge on any atom is -0.143 e. The van der Waals surface area contributed by atoms with Gasteiger partial charge in [0.05, 0.1) is 4.88 Å². The topological polar surface area (TPSA) is 0 Å². The molecule has 3 heterocycles. The van der Waals surface area contributed by atoms with Gasteiger partial charge in [-0.3, -0.25) is 0 Å². The largest absolute Gasteiger partial charge is 0.143 e. The molecule has 0 saturated carbocycles. The molecule has 0 N–H and O–H groups in total. The smallest absolute Gasteiger partial charge is 0.0523 e. The second-order valence-electron chi connectivity index (χ2n) is 3.46. The van der Waals surface area contributed by atoms with Crippen molar-refractivity contribution in [2.75, 3.05) is 0 Å². The van der Waals surface area contributed by atoms with E-state index in [2.05, 4.69) is 41.1 Å². The van der Waals surface area contributed by atoms with Gasteiger partial charge in [-0.05, 0) is 35.0 Å². The minimum atomic E-state index is 1.16. The van der Waals surface area contributed by atoms with Gasteiger partial charge in [0, 0.05) is 25.6 Å². The molecule has 0 aromatic carbocycles. The highest BCUT2D eigenvalue weighted by molar-refractivity contribution is 7.79. The van der Waals surface area contributed by atoms with E-state index in [0.717, 1.165) is 5.56 Å². The number of rotatable bonds is 3. The maximum atomic E-state index is 5.03. The van der Waals surface area contributed by atoms with Crippen molar-refractivity contribution in [1.29, 1.82) is 0 Å². The Kier molecular flexibility index (Phi) is 3.20. The van der Waals surface area contributed by atoms with Gasteiger partial charge in [0.1, 0.15) is 0 Å². The summed E-state index contributed by atoms with van der Waals surface area (Å²) in [5, 5.41) is 5.97. The summed E-state index contributed by atoms with van der Waals surface area (Å²) < 4.78 is 0. The van der Waals surface area contributed by atoms with Crippen LogP contribution >= 0.6 is 46.2 Å². The molecule has 0 radical (unpaired) electrons. The van der Waals surface area contributed by atoms with Crippen molar-refractivity contribution in [3.8, 4) is 19.5 Å². The zero-order chi connectivity index (χ0) is 11.7. The molecule has 0 nitrogen and oxygen atoms in total. The van der Waals surface area contributed by atoms with E-state index in [1.54, 1.807) is 28.0 Å². The van der Waals surface area contributed by atoms with Gasteiger partial charge in [-0.25, -0.2) is 0 Å². The molecule has 3 aromatic rings. The third kappa shape index (κ3) is 2.13. The lowest BCUT2D eigenvalue weighted by Crippen LogP contribution is -1.73. The van der Waals surface area contributed by atoms with Crippen LogP contribution < -0.4 is 0 Å². The van der Waals surface area contributed by atoms with E-state index in [4.69, 9.17) is 12.2 Å². The molecule has 0 aliphatic carbocycles.